The van der Waals surface area contributed by atoms with Crippen LogP contribution in [-0.4, -0.2) is 40.4 Å². The van der Waals surface area contributed by atoms with Gasteiger partial charge in [0.2, 0.25) is 0 Å². The third-order valence-corrected chi connectivity index (χ3v) is 4.42. The first-order valence-corrected chi connectivity index (χ1v) is 8.26. The van der Waals surface area contributed by atoms with Crippen LogP contribution in [-0.2, 0) is 6.54 Å². The zero-order chi connectivity index (χ0) is 14.4. The van der Waals surface area contributed by atoms with Crippen molar-refractivity contribution in [2.75, 3.05) is 19.6 Å². The molecule has 1 N–H and O–H groups in total. The van der Waals surface area contributed by atoms with Crippen molar-refractivity contribution in [3.8, 4) is 0 Å². The minimum absolute atomic E-state index is 0.554. The standard InChI is InChI=1S/C16H30N4/c1-4-14-12-19(10-7-9-17-14)13-15-8-11-20(18-15)16(5-2)6-3/h8,11,14,16-17H,4-7,9-10,12-13H2,1-3H3. The molecule has 2 rings (SSSR count). The van der Waals surface area contributed by atoms with Crippen LogP contribution in [0.15, 0.2) is 12.3 Å². The maximum Gasteiger partial charge on any atom is 0.0764 e. The number of nitrogens with one attached hydrogen (secondary N) is 1. The molecule has 0 aliphatic carbocycles. The van der Waals surface area contributed by atoms with Crippen molar-refractivity contribution in [2.24, 2.45) is 0 Å². The Labute approximate surface area is 123 Å². The number of hydrogen-bond acceptors (Lipinski definition) is 3. The molecule has 20 heavy (non-hydrogen) atoms. The molecular formula is C16H30N4. The maximum atomic E-state index is 4.78. The second-order valence-electron chi connectivity index (χ2n) is 5.91. The zero-order valence-electron chi connectivity index (χ0n) is 13.3. The summed E-state index contributed by atoms with van der Waals surface area (Å²) in [5.41, 5.74) is 1.22. The molecule has 1 saturated heterocycles. The maximum absolute atomic E-state index is 4.78. The van der Waals surface area contributed by atoms with Crippen molar-refractivity contribution < 1.29 is 0 Å². The van der Waals surface area contributed by atoms with Crippen LogP contribution in [0.2, 0.25) is 0 Å². The molecule has 0 bridgehead atoms. The van der Waals surface area contributed by atoms with E-state index in [9.17, 15) is 0 Å². The van der Waals surface area contributed by atoms with Gasteiger partial charge in [0.15, 0.2) is 0 Å². The summed E-state index contributed by atoms with van der Waals surface area (Å²) in [6, 6.07) is 3.38. The van der Waals surface area contributed by atoms with Crippen molar-refractivity contribution in [2.45, 2.75) is 65.1 Å². The van der Waals surface area contributed by atoms with E-state index in [2.05, 4.69) is 47.9 Å². The van der Waals surface area contributed by atoms with Gasteiger partial charge < -0.3 is 5.32 Å². The Morgan fingerprint density at radius 2 is 2.15 bits per heavy atom. The topological polar surface area (TPSA) is 33.1 Å². The molecular weight excluding hydrogens is 248 g/mol. The highest BCUT2D eigenvalue weighted by Gasteiger charge is 2.17. The van der Waals surface area contributed by atoms with Gasteiger partial charge in [0, 0.05) is 25.3 Å². The van der Waals surface area contributed by atoms with Gasteiger partial charge in [-0.3, -0.25) is 9.58 Å². The smallest absolute Gasteiger partial charge is 0.0764 e. The molecule has 114 valence electrons. The van der Waals surface area contributed by atoms with Crippen LogP contribution in [0.25, 0.3) is 0 Å². The highest BCUT2D eigenvalue weighted by Crippen LogP contribution is 2.15. The molecule has 0 amide bonds. The predicted molar refractivity (Wildman–Crippen MR) is 83.8 cm³/mol. The molecule has 1 aromatic heterocycles. The second kappa shape index (κ2) is 7.79. The third kappa shape index (κ3) is 4.06. The molecule has 4 heteroatoms. The number of rotatable bonds is 6. The van der Waals surface area contributed by atoms with Crippen LogP contribution in [0.1, 0.15) is 58.2 Å². The first-order chi connectivity index (χ1) is 9.76. The third-order valence-electron chi connectivity index (χ3n) is 4.42. The summed E-state index contributed by atoms with van der Waals surface area (Å²) < 4.78 is 2.16. The summed E-state index contributed by atoms with van der Waals surface area (Å²) in [6.07, 6.45) is 6.91. The van der Waals surface area contributed by atoms with Gasteiger partial charge in [0.1, 0.15) is 0 Å². The van der Waals surface area contributed by atoms with Crippen LogP contribution in [0, 0.1) is 0 Å². The Kier molecular flexibility index (Phi) is 6.05. The number of hydrogen-bond donors (Lipinski definition) is 1. The van der Waals surface area contributed by atoms with Gasteiger partial charge in [-0.25, -0.2) is 0 Å². The van der Waals surface area contributed by atoms with E-state index in [4.69, 9.17) is 5.10 Å². The lowest BCUT2D eigenvalue weighted by Crippen LogP contribution is -2.36. The van der Waals surface area contributed by atoms with Crippen molar-refractivity contribution >= 4 is 0 Å². The van der Waals surface area contributed by atoms with E-state index in [1.54, 1.807) is 0 Å². The van der Waals surface area contributed by atoms with E-state index < -0.39 is 0 Å². The summed E-state index contributed by atoms with van der Waals surface area (Å²) in [7, 11) is 0. The van der Waals surface area contributed by atoms with Crippen LogP contribution in [0.3, 0.4) is 0 Å². The van der Waals surface area contributed by atoms with Crippen molar-refractivity contribution in [3.05, 3.63) is 18.0 Å². The Bertz CT molecular complexity index is 384. The molecule has 4 nitrogen and oxygen atoms in total. The summed E-state index contributed by atoms with van der Waals surface area (Å²) in [6.45, 7) is 11.2. The molecule has 0 spiro atoms. The second-order valence-corrected chi connectivity index (χ2v) is 5.91. The highest BCUT2D eigenvalue weighted by molar-refractivity contribution is 5.00. The molecule has 2 heterocycles. The fourth-order valence-corrected chi connectivity index (χ4v) is 3.05. The van der Waals surface area contributed by atoms with Gasteiger partial charge in [-0.1, -0.05) is 20.8 Å². The fraction of sp³-hybridized carbons (Fsp3) is 0.812. The van der Waals surface area contributed by atoms with Gasteiger partial charge in [0.05, 0.1) is 11.7 Å². The van der Waals surface area contributed by atoms with Crippen LogP contribution in [0.5, 0.6) is 0 Å². The number of aromatic nitrogens is 2. The van der Waals surface area contributed by atoms with Gasteiger partial charge in [0.25, 0.3) is 0 Å². The monoisotopic (exact) mass is 278 g/mol. The van der Waals surface area contributed by atoms with Crippen LogP contribution in [0.4, 0.5) is 0 Å². The Morgan fingerprint density at radius 3 is 2.85 bits per heavy atom. The van der Waals surface area contributed by atoms with Gasteiger partial charge in [-0.05, 0) is 44.8 Å². The predicted octanol–water partition coefficient (Wildman–Crippen LogP) is 2.82. The van der Waals surface area contributed by atoms with Crippen molar-refractivity contribution in [1.29, 1.82) is 0 Å². The van der Waals surface area contributed by atoms with Crippen LogP contribution < -0.4 is 5.32 Å². The Morgan fingerprint density at radius 1 is 1.35 bits per heavy atom. The lowest BCUT2D eigenvalue weighted by molar-refractivity contribution is 0.253. The first kappa shape index (κ1) is 15.5. The van der Waals surface area contributed by atoms with E-state index in [0.29, 0.717) is 12.1 Å². The normalized spacial score (nSPS) is 21.3. The minimum Gasteiger partial charge on any atom is -0.313 e. The van der Waals surface area contributed by atoms with E-state index in [1.165, 1.54) is 25.1 Å². The van der Waals surface area contributed by atoms with Gasteiger partial charge in [-0.2, -0.15) is 5.10 Å². The van der Waals surface area contributed by atoms with Gasteiger partial charge >= 0.3 is 0 Å². The van der Waals surface area contributed by atoms with E-state index in [-0.39, 0.29) is 0 Å². The fourth-order valence-electron chi connectivity index (χ4n) is 3.05. The number of nitrogens with zero attached hydrogens (tertiary/aromatic N) is 3. The molecule has 1 atom stereocenters. The van der Waals surface area contributed by atoms with Crippen molar-refractivity contribution in [1.82, 2.24) is 20.0 Å². The molecule has 1 aromatic rings. The minimum atomic E-state index is 0.554. The average Bonchev–Trinajstić information content (AvgIpc) is 2.79. The van der Waals surface area contributed by atoms with Crippen molar-refractivity contribution in [3.63, 3.8) is 0 Å². The Balaban J connectivity index is 1.95. The highest BCUT2D eigenvalue weighted by atomic mass is 15.3. The summed E-state index contributed by atoms with van der Waals surface area (Å²) in [5, 5.41) is 8.40. The van der Waals surface area contributed by atoms with Gasteiger partial charge in [-0.15, -0.1) is 0 Å². The quantitative estimate of drug-likeness (QED) is 0.868. The molecule has 1 unspecified atom stereocenters. The van der Waals surface area contributed by atoms with Crippen LogP contribution >= 0.6 is 0 Å². The lowest BCUT2D eigenvalue weighted by Gasteiger charge is -2.22. The lowest BCUT2D eigenvalue weighted by atomic mass is 10.2. The largest absolute Gasteiger partial charge is 0.313 e. The van der Waals surface area contributed by atoms with E-state index in [1.807, 2.05) is 0 Å². The Hall–Kier alpha value is -0.870. The molecule has 1 aliphatic rings. The zero-order valence-corrected chi connectivity index (χ0v) is 13.3. The molecule has 0 aromatic carbocycles. The molecule has 0 saturated carbocycles. The molecule has 1 aliphatic heterocycles. The summed E-state index contributed by atoms with van der Waals surface area (Å²) in [5.74, 6) is 0. The summed E-state index contributed by atoms with van der Waals surface area (Å²) >= 11 is 0. The first-order valence-electron chi connectivity index (χ1n) is 8.26. The van der Waals surface area contributed by atoms with E-state index in [0.717, 1.165) is 32.5 Å². The van der Waals surface area contributed by atoms with E-state index >= 15 is 0 Å². The molecule has 0 radical (unpaired) electrons. The summed E-state index contributed by atoms with van der Waals surface area (Å²) in [4.78, 5) is 2.55. The molecule has 1 fully saturated rings. The SMILES string of the molecule is CCC1CN(Cc2ccn(C(CC)CC)n2)CCCN1. The average molecular weight is 278 g/mol.